The van der Waals surface area contributed by atoms with Crippen LogP contribution in [-0.4, -0.2) is 22.8 Å². The van der Waals surface area contributed by atoms with Crippen molar-refractivity contribution in [2.75, 3.05) is 18.2 Å². The number of methoxy groups -OCH3 is 1. The highest BCUT2D eigenvalue weighted by Crippen LogP contribution is 2.45. The van der Waals surface area contributed by atoms with Crippen LogP contribution < -0.4 is 15.8 Å². The first kappa shape index (κ1) is 21.2. The first-order valence-electron chi connectivity index (χ1n) is 10.1. The number of nitrogen functional groups attached to an aromatic ring is 1. The predicted octanol–water partition coefficient (Wildman–Crippen LogP) is 5.11. The highest BCUT2D eigenvalue weighted by atomic mass is 35.5. The summed E-state index contributed by atoms with van der Waals surface area (Å²) in [4.78, 5) is 13.1. The predicted molar refractivity (Wildman–Crippen MR) is 119 cm³/mol. The minimum atomic E-state index is -0.546. The molecule has 4 rings (SSSR count). The summed E-state index contributed by atoms with van der Waals surface area (Å²) in [6.45, 7) is 0. The number of rotatable bonds is 5. The molecule has 2 atom stereocenters. The lowest BCUT2D eigenvalue weighted by Gasteiger charge is -2.13. The molecule has 2 aromatic carbocycles. The first-order valence-corrected chi connectivity index (χ1v) is 10.5. The van der Waals surface area contributed by atoms with E-state index in [-0.39, 0.29) is 16.8 Å². The van der Waals surface area contributed by atoms with Crippen LogP contribution in [0, 0.1) is 5.82 Å². The van der Waals surface area contributed by atoms with E-state index < -0.39 is 5.82 Å². The van der Waals surface area contributed by atoms with Crippen LogP contribution in [0.5, 0.6) is 5.75 Å². The van der Waals surface area contributed by atoms with Gasteiger partial charge in [-0.15, -0.1) is 0 Å². The van der Waals surface area contributed by atoms with Crippen LogP contribution in [0.15, 0.2) is 42.5 Å². The van der Waals surface area contributed by atoms with Gasteiger partial charge in [0.2, 0.25) is 0 Å². The zero-order valence-corrected chi connectivity index (χ0v) is 18.1. The van der Waals surface area contributed by atoms with E-state index in [9.17, 15) is 9.18 Å². The van der Waals surface area contributed by atoms with Crippen molar-refractivity contribution in [1.82, 2.24) is 9.78 Å². The molecule has 162 valence electrons. The lowest BCUT2D eigenvalue weighted by molar-refractivity contribution is 0.102. The maximum absolute atomic E-state index is 13.4. The second-order valence-electron chi connectivity index (χ2n) is 7.84. The lowest BCUT2D eigenvalue weighted by atomic mass is 9.94. The van der Waals surface area contributed by atoms with E-state index in [1.54, 1.807) is 14.2 Å². The molecule has 3 aromatic rings. The third-order valence-electron chi connectivity index (χ3n) is 5.91. The zero-order chi connectivity index (χ0) is 22.1. The Bertz CT molecular complexity index is 1130. The molecule has 1 fully saturated rings. The number of carbonyl (C=O) groups excluding carboxylic acids is 1. The number of carbonyl (C=O) groups is 1. The molecular weight excluding hydrogens is 419 g/mol. The topological polar surface area (TPSA) is 82.2 Å². The number of nitrogens with two attached hydrogens (primary N) is 1. The van der Waals surface area contributed by atoms with Crippen molar-refractivity contribution in [2.45, 2.75) is 31.1 Å². The normalized spacial score (nSPS) is 18.2. The Morgan fingerprint density at radius 1 is 1.26 bits per heavy atom. The first-order chi connectivity index (χ1) is 14.9. The SMILES string of the molecule is COc1cccc([C@H]2CC[C@H](c3nn(C)c(N)c3C(=O)Nc3ccc(F)c(Cl)c3)C2)c1. The number of ether oxygens (including phenoxy) is 1. The summed E-state index contributed by atoms with van der Waals surface area (Å²) in [6, 6.07) is 12.1. The minimum Gasteiger partial charge on any atom is -0.497 e. The Balaban J connectivity index is 1.57. The molecule has 0 radical (unpaired) electrons. The molecule has 1 amide bonds. The van der Waals surface area contributed by atoms with Gasteiger partial charge in [0.25, 0.3) is 5.91 Å². The van der Waals surface area contributed by atoms with Gasteiger partial charge in [-0.3, -0.25) is 9.48 Å². The van der Waals surface area contributed by atoms with Crippen molar-refractivity contribution in [2.24, 2.45) is 7.05 Å². The van der Waals surface area contributed by atoms with Crippen LogP contribution in [0.1, 0.15) is 52.7 Å². The van der Waals surface area contributed by atoms with E-state index in [2.05, 4.69) is 22.5 Å². The van der Waals surface area contributed by atoms with Gasteiger partial charge in [-0.1, -0.05) is 23.7 Å². The maximum atomic E-state index is 13.4. The van der Waals surface area contributed by atoms with Crippen molar-refractivity contribution >= 4 is 29.0 Å². The van der Waals surface area contributed by atoms with Crippen molar-refractivity contribution in [3.63, 3.8) is 0 Å². The Hall–Kier alpha value is -3.06. The zero-order valence-electron chi connectivity index (χ0n) is 17.4. The van der Waals surface area contributed by atoms with Crippen LogP contribution in [0.4, 0.5) is 15.9 Å². The molecule has 1 aliphatic rings. The maximum Gasteiger partial charge on any atom is 0.261 e. The van der Waals surface area contributed by atoms with Gasteiger partial charge in [0.1, 0.15) is 22.9 Å². The molecule has 3 N–H and O–H groups in total. The number of nitrogens with zero attached hydrogens (tertiary/aromatic N) is 2. The van der Waals surface area contributed by atoms with Gasteiger partial charge in [-0.25, -0.2) is 4.39 Å². The summed E-state index contributed by atoms with van der Waals surface area (Å²) < 4.78 is 20.3. The van der Waals surface area contributed by atoms with E-state index in [1.165, 1.54) is 28.4 Å². The minimum absolute atomic E-state index is 0.0610. The highest BCUT2D eigenvalue weighted by molar-refractivity contribution is 6.31. The van der Waals surface area contributed by atoms with Crippen molar-refractivity contribution in [3.8, 4) is 5.75 Å². The number of hydrogen-bond donors (Lipinski definition) is 2. The second kappa shape index (κ2) is 8.59. The summed E-state index contributed by atoms with van der Waals surface area (Å²) in [6.07, 6.45) is 2.76. The van der Waals surface area contributed by atoms with Gasteiger partial charge in [0, 0.05) is 18.7 Å². The Morgan fingerprint density at radius 2 is 2.03 bits per heavy atom. The summed E-state index contributed by atoms with van der Waals surface area (Å²) in [5.41, 5.74) is 8.87. The Labute approximate surface area is 185 Å². The van der Waals surface area contributed by atoms with E-state index in [0.717, 1.165) is 25.0 Å². The third kappa shape index (κ3) is 4.23. The largest absolute Gasteiger partial charge is 0.497 e. The van der Waals surface area contributed by atoms with E-state index in [0.29, 0.717) is 28.7 Å². The van der Waals surface area contributed by atoms with Gasteiger partial charge in [0.15, 0.2) is 0 Å². The molecule has 6 nitrogen and oxygen atoms in total. The quantitative estimate of drug-likeness (QED) is 0.575. The molecular formula is C23H24ClFN4O2. The summed E-state index contributed by atoms with van der Waals surface area (Å²) >= 11 is 5.83. The van der Waals surface area contributed by atoms with Crippen molar-refractivity contribution < 1.29 is 13.9 Å². The summed E-state index contributed by atoms with van der Waals surface area (Å²) in [5, 5.41) is 7.27. The third-order valence-corrected chi connectivity index (χ3v) is 6.20. The molecule has 0 unspecified atom stereocenters. The van der Waals surface area contributed by atoms with Gasteiger partial charge in [0.05, 0.1) is 17.8 Å². The fourth-order valence-electron chi connectivity index (χ4n) is 4.27. The molecule has 1 aliphatic carbocycles. The number of amides is 1. The molecule has 0 saturated heterocycles. The standard InChI is InChI=1S/C23H24ClFN4O2/c1-29-22(26)20(23(30)27-16-8-9-19(25)18(24)12-16)21(28-29)15-7-6-14(10-15)13-4-3-5-17(11-13)31-2/h3-5,8-9,11-12,14-15H,6-7,10,26H2,1-2H3,(H,27,30)/t14-,15-/m0/s1. The van der Waals surface area contributed by atoms with Crippen LogP contribution in [0.25, 0.3) is 0 Å². The molecule has 0 aliphatic heterocycles. The van der Waals surface area contributed by atoms with Crippen LogP contribution in [-0.2, 0) is 7.05 Å². The smallest absolute Gasteiger partial charge is 0.261 e. The molecule has 1 saturated carbocycles. The molecule has 8 heteroatoms. The number of nitrogens with one attached hydrogen (secondary N) is 1. The summed E-state index contributed by atoms with van der Waals surface area (Å²) in [5.74, 6) is 0.669. The molecule has 0 bridgehead atoms. The van der Waals surface area contributed by atoms with Gasteiger partial charge < -0.3 is 15.8 Å². The Kier molecular flexibility index (Phi) is 5.87. The average Bonchev–Trinajstić information content (AvgIpc) is 3.36. The van der Waals surface area contributed by atoms with E-state index in [1.807, 2.05) is 12.1 Å². The van der Waals surface area contributed by atoms with Crippen molar-refractivity contribution in [1.29, 1.82) is 0 Å². The second-order valence-corrected chi connectivity index (χ2v) is 8.24. The van der Waals surface area contributed by atoms with Crippen LogP contribution >= 0.6 is 11.6 Å². The fraction of sp³-hybridized carbons (Fsp3) is 0.304. The number of hydrogen-bond acceptors (Lipinski definition) is 4. The number of halogens is 2. The van der Waals surface area contributed by atoms with Gasteiger partial charge >= 0.3 is 0 Å². The number of aryl methyl sites for hydroxylation is 1. The highest BCUT2D eigenvalue weighted by Gasteiger charge is 2.33. The van der Waals surface area contributed by atoms with E-state index >= 15 is 0 Å². The average molecular weight is 443 g/mol. The number of aromatic nitrogens is 2. The Morgan fingerprint density at radius 3 is 2.77 bits per heavy atom. The lowest BCUT2D eigenvalue weighted by Crippen LogP contribution is -2.16. The summed E-state index contributed by atoms with van der Waals surface area (Å²) in [7, 11) is 3.38. The molecule has 1 heterocycles. The molecule has 0 spiro atoms. The van der Waals surface area contributed by atoms with Gasteiger partial charge in [-0.05, 0) is 61.1 Å². The fourth-order valence-corrected chi connectivity index (χ4v) is 4.45. The molecule has 1 aromatic heterocycles. The number of benzene rings is 2. The number of anilines is 2. The van der Waals surface area contributed by atoms with Crippen LogP contribution in [0.2, 0.25) is 5.02 Å². The van der Waals surface area contributed by atoms with E-state index in [4.69, 9.17) is 22.1 Å². The monoisotopic (exact) mass is 442 g/mol. The van der Waals surface area contributed by atoms with Gasteiger partial charge in [-0.2, -0.15) is 5.10 Å². The van der Waals surface area contributed by atoms with Crippen molar-refractivity contribution in [3.05, 3.63) is 70.1 Å². The molecule has 31 heavy (non-hydrogen) atoms. The van der Waals surface area contributed by atoms with Crippen LogP contribution in [0.3, 0.4) is 0 Å².